The van der Waals surface area contributed by atoms with E-state index in [1.165, 1.54) is 18.6 Å². The quantitative estimate of drug-likeness (QED) is 0.00981. The minimum atomic E-state index is -5.26. The Morgan fingerprint density at radius 2 is 0.933 bits per heavy atom. The Morgan fingerprint density at radius 1 is 0.490 bits per heavy atom. The highest BCUT2D eigenvalue weighted by Crippen LogP contribution is 2.48. The van der Waals surface area contributed by atoms with Crippen LogP contribution in [0.25, 0.3) is 0 Å². The van der Waals surface area contributed by atoms with Gasteiger partial charge >= 0.3 is 60.8 Å². The number of anilines is 2. The van der Waals surface area contributed by atoms with Crippen LogP contribution in [-0.4, -0.2) is 350 Å². The number of benzene rings is 2. The molecule has 6 fully saturated rings. The first-order valence-electron chi connectivity index (χ1n) is 48.5. The van der Waals surface area contributed by atoms with Crippen molar-refractivity contribution in [3.63, 3.8) is 0 Å². The molecule has 6 saturated heterocycles. The van der Waals surface area contributed by atoms with E-state index in [0.717, 1.165) is 65.6 Å². The number of ether oxygens (including phenoxy) is 12. The van der Waals surface area contributed by atoms with Gasteiger partial charge in [0.15, 0.2) is 12.5 Å². The van der Waals surface area contributed by atoms with Gasteiger partial charge in [-0.25, -0.2) is 47.7 Å². The van der Waals surface area contributed by atoms with E-state index in [9.17, 15) is 96.0 Å². The lowest BCUT2D eigenvalue weighted by atomic mass is 10.0. The fourth-order valence-corrected chi connectivity index (χ4v) is 20.6. The number of amides is 8. The molecule has 4 aromatic rings. The number of Topliss-reactive ketones (excluding diaryl/α,β-unsaturated/α-hetero) is 2. The van der Waals surface area contributed by atoms with Gasteiger partial charge in [-0.3, -0.25) is 51.2 Å². The van der Waals surface area contributed by atoms with Crippen LogP contribution in [0.1, 0.15) is 162 Å². The van der Waals surface area contributed by atoms with Gasteiger partial charge in [-0.15, -0.1) is 0 Å². The smallest absolute Gasteiger partial charge is 0.470 e. The highest BCUT2D eigenvalue weighted by molar-refractivity contribution is 8.00. The monoisotopic (exact) mass is 2230 g/mol. The lowest BCUT2D eigenvalue weighted by Gasteiger charge is -2.21. The number of phosphoric ester groups is 4. The van der Waals surface area contributed by atoms with Crippen LogP contribution >= 0.6 is 54.8 Å². The molecule has 0 bridgehead atoms. The van der Waals surface area contributed by atoms with E-state index in [1.807, 2.05) is 37.4 Å². The average Bonchev–Trinajstić information content (AvgIpc) is 1.65. The average molecular weight is 2240 g/mol. The summed E-state index contributed by atoms with van der Waals surface area (Å²) >= 11 is 3.80. The Labute approximate surface area is 866 Å². The lowest BCUT2D eigenvalue weighted by molar-refractivity contribution is -0.122. The third kappa shape index (κ3) is 48.8. The molecule has 149 heavy (non-hydrogen) atoms. The zero-order valence-corrected chi connectivity index (χ0v) is 87.8. The van der Waals surface area contributed by atoms with Crippen molar-refractivity contribution in [1.82, 2.24) is 61.7 Å². The molecule has 0 radical (unpaired) electrons. The van der Waals surface area contributed by atoms with Crippen LogP contribution in [0.3, 0.4) is 0 Å². The van der Waals surface area contributed by atoms with E-state index in [-0.39, 0.29) is 135 Å². The number of hydrogen-bond donors (Lipinski definition) is 20. The zero-order valence-electron chi connectivity index (χ0n) is 82.6. The normalized spacial score (nSPS) is 21.4. The number of aryl methyl sites for hydroxylation is 2. The molecule has 14 atom stereocenters. The number of aliphatic hydroxyl groups excluding tert-OH is 2. The van der Waals surface area contributed by atoms with Gasteiger partial charge < -0.3 is 155 Å². The van der Waals surface area contributed by atoms with E-state index in [0.29, 0.717) is 189 Å². The number of nitrogens with two attached hydrogens (primary N) is 2. The maximum Gasteiger partial charge on any atom is 0.470 e. The predicted molar refractivity (Wildman–Crippen MR) is 533 cm³/mol. The fourth-order valence-electron chi connectivity index (χ4n) is 15.6. The van der Waals surface area contributed by atoms with Crippen LogP contribution < -0.4 is 70.2 Å². The van der Waals surface area contributed by atoms with Gasteiger partial charge in [-0.2, -0.15) is 38.6 Å². The number of ketones is 2. The van der Waals surface area contributed by atoms with Gasteiger partial charge in [0, 0.05) is 123 Å². The van der Waals surface area contributed by atoms with Gasteiger partial charge in [0.1, 0.15) is 72.2 Å². The fraction of sp³-hybridized carbons (Fsp3) is 0.670. The van der Waals surface area contributed by atoms with Crippen molar-refractivity contribution in [2.24, 2.45) is 5.10 Å². The van der Waals surface area contributed by atoms with Crippen LogP contribution in [0.5, 0.6) is 5.75 Å². The zero-order chi connectivity index (χ0) is 108. The molecule has 8 heterocycles. The number of carbonyl (C=O) groups excluding carboxylic acids is 8. The van der Waals surface area contributed by atoms with Crippen molar-refractivity contribution in [2.75, 3.05) is 168 Å². The Morgan fingerprint density at radius 3 is 1.42 bits per heavy atom. The molecule has 6 aliphatic heterocycles. The summed E-state index contributed by atoms with van der Waals surface area (Å²) in [4.78, 5) is 202. The van der Waals surface area contributed by atoms with Crippen LogP contribution in [-0.2, 0) is 127 Å². The SMILES string of the molecule is CCOCCOCCC(=O)CCCOc1ccc(COC(=O)NCCCc2cn([C@@H]3O[C@H](COP(=O)(O)O)C(OP(=O)(O)O)[C@@H]3O)c(=O)nc2N)cc1.CCOCCOCCCC(=O)CCCC[C@@H]1SC[C@@H]2NC(=O)N[C@@H]21.Nc1nc(=O)n([C@@H]2O[C@H](COP(=O)(O)O)C(OP(=O)(O)O)[C@@H]2O)cc1CCCNC(=O)c1ccc(/C=N/NC(=O)CCOCCOCCOCCOCCNC(=O)CCCC[C@@H]2SC[C@@H]3NC(=O)N[C@@H]32)cc1. The third-order valence-electron chi connectivity index (χ3n) is 23.0. The second-order valence-corrected chi connectivity index (χ2v) is 41.7. The molecule has 2 unspecified atom stereocenters. The van der Waals surface area contributed by atoms with Crippen molar-refractivity contribution in [3.05, 3.63) is 110 Å². The number of fused-ring (bicyclic) bond motifs is 2. The van der Waals surface area contributed by atoms with Crippen LogP contribution in [0.15, 0.2) is 75.6 Å². The van der Waals surface area contributed by atoms with Gasteiger partial charge in [-0.05, 0) is 113 Å². The summed E-state index contributed by atoms with van der Waals surface area (Å²) < 4.78 is 130. The number of nitrogens with one attached hydrogen (secondary N) is 8. The Hall–Kier alpha value is -8.51. The number of carbonyl (C=O) groups is 8. The summed E-state index contributed by atoms with van der Waals surface area (Å²) in [6, 6.07) is 14.1. The highest BCUT2D eigenvalue weighted by atomic mass is 32.2. The van der Waals surface area contributed by atoms with Crippen molar-refractivity contribution in [2.45, 2.75) is 220 Å². The first-order chi connectivity index (χ1) is 71.1. The summed E-state index contributed by atoms with van der Waals surface area (Å²) in [5, 5.41) is 46.4. The number of urea groups is 2. The number of thioether (sulfide) groups is 2. The van der Waals surface area contributed by atoms with E-state index < -0.39 is 117 Å². The summed E-state index contributed by atoms with van der Waals surface area (Å²) in [5.41, 5.74) is 14.4. The van der Waals surface area contributed by atoms with Gasteiger partial charge in [0.25, 0.3) is 5.91 Å². The van der Waals surface area contributed by atoms with Gasteiger partial charge in [0.2, 0.25) is 11.8 Å². The number of phosphoric acid groups is 4. The predicted octanol–water partition coefficient (Wildman–Crippen LogP) is 1.60. The standard InChI is InChI=1S/C41H63N9O19P2S.C30H46N4O17P2.C17H30N2O4S/c42-37-28(23-50(41(56)48-37)39-35(53)36(69-71(60,61)62)30(68-39)24-67-70(57,58)59)4-3-12-44-38(54)27-9-7-26(8-10-27)22-45-49-33(52)11-14-63-16-18-65-20-21-66-19-17-64-15-13-43-32(51)6-2-1-5-31-34-29(25-72-31)46-40(55)47-34;1-2-45-15-16-46-14-11-22(35)6-4-13-47-23-9-7-20(8-10-23)18-48-30(38)32-12-3-5-21-17-34(29(37)33-27(21)31)28-25(36)26(51-53(42,43)44)24(50-28)19-49-52(39,40)41;1-2-22-10-11-23-9-5-7-13(20)6-3-4-8-15-16-14(12-24-15)18-17(21)19-16/h7-10,22-23,29-31,34-36,39,53H,1-6,11-21,24-25H2,(H,43,51)(H,44,54)(H,49,52)(H2,42,48,56)(H2,46,47,55)(H2,57,58,59)(H2,60,61,62);7-10,17,24-26,28,36H,2-6,11-16,18-19H2,1H3,(H,32,38)(H2,31,33,37)(H2,39,40,41)(H2,42,43,44);14-16H,2-12H2,1H3,(H2,18,19,21)/b45-22+;;/t29-,30+,31-,34-,35-,36?,39+;24-,25+,26?,28-;14-,15-,16-/m010/s1. The van der Waals surface area contributed by atoms with Crippen LogP contribution in [0.4, 0.5) is 26.0 Å². The van der Waals surface area contributed by atoms with Crippen molar-refractivity contribution in [1.29, 1.82) is 0 Å². The molecule has 2 aromatic carbocycles. The molecule has 55 nitrogen and oxygen atoms in total. The van der Waals surface area contributed by atoms with Crippen molar-refractivity contribution < 1.29 is 181 Å². The Kier molecular flexibility index (Phi) is 56.1. The number of aromatic nitrogens is 4. The summed E-state index contributed by atoms with van der Waals surface area (Å²) in [7, 11) is -20.6. The minimum Gasteiger partial charge on any atom is -0.494 e. The number of unbranched alkanes of at least 4 members (excludes halogenated alkanes) is 2. The van der Waals surface area contributed by atoms with Gasteiger partial charge in [0.05, 0.1) is 143 Å². The molecule has 61 heteroatoms. The molecular formula is C88H139N15O40P4S2. The number of aliphatic hydroxyl groups is 2. The van der Waals surface area contributed by atoms with E-state index >= 15 is 0 Å². The molecule has 6 aliphatic rings. The summed E-state index contributed by atoms with van der Waals surface area (Å²) in [6.07, 6.45) is -0.539. The number of nitrogens with zero attached hydrogens (tertiary/aromatic N) is 5. The molecular weight excluding hydrogens is 2100 g/mol. The number of hydrogen-bond acceptors (Lipinski definition) is 39. The number of hydrazone groups is 1. The van der Waals surface area contributed by atoms with Crippen LogP contribution in [0.2, 0.25) is 0 Å². The van der Waals surface area contributed by atoms with Gasteiger partial charge in [-0.1, -0.05) is 37.1 Å². The lowest BCUT2D eigenvalue weighted by Crippen LogP contribution is -2.38. The largest absolute Gasteiger partial charge is 0.494 e. The maximum absolute atomic E-state index is 12.8. The second kappa shape index (κ2) is 66.6. The summed E-state index contributed by atoms with van der Waals surface area (Å²) in [5.74, 6) is 1.83. The van der Waals surface area contributed by atoms with Crippen molar-refractivity contribution in [3.8, 4) is 5.75 Å². The maximum atomic E-state index is 12.8. The van der Waals surface area contributed by atoms with E-state index in [4.69, 9.17) is 87.9 Å². The number of alkyl carbamates (subject to hydrolysis) is 1. The van der Waals surface area contributed by atoms with E-state index in [2.05, 4.69) is 75.8 Å². The second-order valence-electron chi connectivity index (χ2n) is 34.3. The molecule has 2 aromatic heterocycles. The van der Waals surface area contributed by atoms with Crippen molar-refractivity contribution >= 4 is 120 Å². The minimum absolute atomic E-state index is 0.00399. The number of rotatable bonds is 70. The molecule has 22 N–H and O–H groups in total. The molecule has 0 spiro atoms. The Balaban J connectivity index is 0.000000305. The first-order valence-corrected chi connectivity index (χ1v) is 56.8. The topological polar surface area (TPSA) is 785 Å². The molecule has 0 aliphatic carbocycles. The summed E-state index contributed by atoms with van der Waals surface area (Å²) in [6.45, 7) is 10.1. The first kappa shape index (κ1) is 126. The third-order valence-corrected chi connectivity index (χ3v) is 28.0. The molecule has 10 rings (SSSR count). The number of nitrogen functional groups attached to an aromatic ring is 2. The van der Waals surface area contributed by atoms with Crippen LogP contribution in [0, 0.1) is 0 Å². The Bertz CT molecular complexity index is 5170. The van der Waals surface area contributed by atoms with E-state index in [1.54, 1.807) is 48.5 Å². The molecule has 0 saturated carbocycles. The molecule has 8 amide bonds. The highest BCUT2D eigenvalue weighted by Gasteiger charge is 2.52. The molecule has 838 valence electrons.